The van der Waals surface area contributed by atoms with Crippen molar-refractivity contribution in [3.63, 3.8) is 0 Å². The molecule has 1 radical (unpaired) electrons. The van der Waals surface area contributed by atoms with Crippen LogP contribution in [0.5, 0.6) is 0 Å². The molecule has 3 heteroatoms. The van der Waals surface area contributed by atoms with E-state index >= 15 is 0 Å². The molecule has 0 aliphatic carbocycles. The van der Waals surface area contributed by atoms with Gasteiger partial charge in [0, 0.05) is 6.08 Å². The van der Waals surface area contributed by atoms with Crippen molar-refractivity contribution in [1.82, 2.24) is 4.99 Å². The minimum Gasteiger partial charge on any atom is -0.491 e. The average Bonchev–Trinajstić information content (AvgIpc) is 1.88. The lowest BCUT2D eigenvalue weighted by molar-refractivity contribution is 0.316. The van der Waals surface area contributed by atoms with Gasteiger partial charge in [0.05, 0.1) is 12.1 Å². The topological polar surface area (TPSA) is 49.4 Å². The number of rotatable bonds is 1. The summed E-state index contributed by atoms with van der Waals surface area (Å²) in [7, 11) is 1.58. The Morgan fingerprint density at radius 1 is 1.67 bits per heavy atom. The molecule has 0 atom stereocenters. The van der Waals surface area contributed by atoms with Gasteiger partial charge in [-0.3, -0.25) is 0 Å². The highest BCUT2D eigenvalue weighted by Crippen LogP contribution is 1.97. The molecule has 0 spiro atoms. The van der Waals surface area contributed by atoms with Crippen molar-refractivity contribution in [2.75, 3.05) is 7.11 Å². The van der Waals surface area contributed by atoms with Gasteiger partial charge in [-0.2, -0.15) is 0 Å². The van der Waals surface area contributed by atoms with Gasteiger partial charge in [-0.05, 0) is 0 Å². The predicted molar refractivity (Wildman–Crippen MR) is 35.6 cm³/mol. The molecule has 0 aromatic heterocycles. The van der Waals surface area contributed by atoms with E-state index in [-0.39, 0.29) is 0 Å². The van der Waals surface area contributed by atoms with Crippen molar-refractivity contribution in [1.29, 1.82) is 0 Å². The average molecular weight is 124 g/mol. The molecular formula is C6H8N2O+. The Morgan fingerprint density at radius 2 is 2.44 bits per heavy atom. The first-order valence-electron chi connectivity index (χ1n) is 2.57. The van der Waals surface area contributed by atoms with Gasteiger partial charge in [-0.15, -0.1) is 0 Å². The third-order valence-corrected chi connectivity index (χ3v) is 0.970. The second-order valence-corrected chi connectivity index (χ2v) is 1.66. The summed E-state index contributed by atoms with van der Waals surface area (Å²) < 4.78 is 4.85. The molecule has 0 unspecified atom stereocenters. The summed E-state index contributed by atoms with van der Waals surface area (Å²) in [5.41, 5.74) is 6.01. The van der Waals surface area contributed by atoms with E-state index in [0.29, 0.717) is 11.5 Å². The minimum atomic E-state index is 0.620. The summed E-state index contributed by atoms with van der Waals surface area (Å²) in [6.07, 6.45) is 4.89. The molecule has 0 amide bonds. The Labute approximate surface area is 53.5 Å². The molecule has 0 aromatic carbocycles. The first-order valence-corrected chi connectivity index (χ1v) is 2.57. The SMILES string of the molecule is COC1=CC(N)=C[N+]=C1. The summed E-state index contributed by atoms with van der Waals surface area (Å²) in [6.45, 7) is 0. The van der Waals surface area contributed by atoms with E-state index in [2.05, 4.69) is 4.99 Å². The van der Waals surface area contributed by atoms with E-state index in [1.807, 2.05) is 0 Å². The van der Waals surface area contributed by atoms with Crippen molar-refractivity contribution in [2.24, 2.45) is 5.73 Å². The minimum absolute atomic E-state index is 0.620. The summed E-state index contributed by atoms with van der Waals surface area (Å²) in [6, 6.07) is 0. The van der Waals surface area contributed by atoms with Crippen molar-refractivity contribution >= 4 is 6.21 Å². The molecule has 1 aliphatic heterocycles. The van der Waals surface area contributed by atoms with Gasteiger partial charge >= 0.3 is 0 Å². The third-order valence-electron chi connectivity index (χ3n) is 0.970. The number of nitrogens with zero attached hydrogens (tertiary/aromatic N) is 1. The Morgan fingerprint density at radius 3 is 2.89 bits per heavy atom. The second-order valence-electron chi connectivity index (χ2n) is 1.66. The monoisotopic (exact) mass is 124 g/mol. The summed E-state index contributed by atoms with van der Waals surface area (Å²) in [5, 5.41) is 0. The Hall–Kier alpha value is -1.25. The molecule has 0 bridgehead atoms. The zero-order chi connectivity index (χ0) is 6.69. The van der Waals surface area contributed by atoms with Gasteiger partial charge in [0.15, 0.2) is 5.76 Å². The normalized spacial score (nSPS) is 16.6. The van der Waals surface area contributed by atoms with E-state index in [4.69, 9.17) is 10.5 Å². The van der Waals surface area contributed by atoms with Crippen LogP contribution in [0.2, 0.25) is 0 Å². The van der Waals surface area contributed by atoms with Crippen molar-refractivity contribution < 1.29 is 4.74 Å². The van der Waals surface area contributed by atoms with Gasteiger partial charge < -0.3 is 10.5 Å². The summed E-state index contributed by atoms with van der Waals surface area (Å²) in [5.74, 6) is 0.690. The van der Waals surface area contributed by atoms with Crippen LogP contribution >= 0.6 is 0 Å². The van der Waals surface area contributed by atoms with Gasteiger partial charge in [-0.1, -0.05) is 0 Å². The standard InChI is InChI=1S/C6H8N2O/c1-9-6-2-5(7)3-8-4-6/h2-4H,7H2,1H3/q+1. The number of hydrogen-bond acceptors (Lipinski definition) is 3. The van der Waals surface area contributed by atoms with E-state index in [1.54, 1.807) is 25.6 Å². The molecule has 2 N–H and O–H groups in total. The van der Waals surface area contributed by atoms with E-state index in [9.17, 15) is 0 Å². The summed E-state index contributed by atoms with van der Waals surface area (Å²) >= 11 is 0. The van der Waals surface area contributed by atoms with Crippen LogP contribution in [0.3, 0.4) is 0 Å². The van der Waals surface area contributed by atoms with Crippen LogP contribution < -0.4 is 10.7 Å². The van der Waals surface area contributed by atoms with Crippen LogP contribution in [0.1, 0.15) is 0 Å². The zero-order valence-corrected chi connectivity index (χ0v) is 5.16. The first-order chi connectivity index (χ1) is 4.33. The predicted octanol–water partition coefficient (Wildman–Crippen LogP) is -0.263. The number of aliphatic imine (C=N–C) groups is 1. The fourth-order valence-corrected chi connectivity index (χ4v) is 0.547. The van der Waals surface area contributed by atoms with Gasteiger partial charge in [0.1, 0.15) is 5.70 Å². The number of ether oxygens (including phenoxy) is 1. The van der Waals surface area contributed by atoms with Crippen LogP contribution in [-0.2, 0) is 4.74 Å². The van der Waals surface area contributed by atoms with Gasteiger partial charge in [0.2, 0.25) is 0 Å². The molecule has 0 saturated carbocycles. The third kappa shape index (κ3) is 1.32. The maximum absolute atomic E-state index is 5.39. The zero-order valence-electron chi connectivity index (χ0n) is 5.16. The molecule has 1 rings (SSSR count). The Kier molecular flexibility index (Phi) is 1.53. The second kappa shape index (κ2) is 2.35. The molecule has 9 heavy (non-hydrogen) atoms. The lowest BCUT2D eigenvalue weighted by atomic mass is 10.3. The lowest BCUT2D eigenvalue weighted by Gasteiger charge is -1.95. The van der Waals surface area contributed by atoms with E-state index < -0.39 is 0 Å². The lowest BCUT2D eigenvalue weighted by Crippen LogP contribution is -2.05. The summed E-state index contributed by atoms with van der Waals surface area (Å²) in [4.78, 5) is 3.81. The number of hydrogen-bond donors (Lipinski definition) is 1. The molecule has 0 saturated heterocycles. The van der Waals surface area contributed by atoms with Crippen LogP contribution in [0.4, 0.5) is 0 Å². The molecule has 0 fully saturated rings. The van der Waals surface area contributed by atoms with Gasteiger partial charge in [0.25, 0.3) is 12.4 Å². The Balaban J connectivity index is 2.78. The van der Waals surface area contributed by atoms with Crippen molar-refractivity contribution in [3.8, 4) is 0 Å². The highest BCUT2D eigenvalue weighted by atomic mass is 16.5. The van der Waals surface area contributed by atoms with Crippen LogP contribution in [-0.4, -0.2) is 13.3 Å². The molecule has 1 aliphatic rings. The van der Waals surface area contributed by atoms with E-state index in [1.165, 1.54) is 0 Å². The quantitative estimate of drug-likeness (QED) is 0.523. The smallest absolute Gasteiger partial charge is 0.283 e. The molecule has 0 aromatic rings. The molecular weight excluding hydrogens is 116 g/mol. The van der Waals surface area contributed by atoms with E-state index in [0.717, 1.165) is 0 Å². The first kappa shape index (κ1) is 5.88. The fourth-order valence-electron chi connectivity index (χ4n) is 0.547. The van der Waals surface area contributed by atoms with Crippen molar-refractivity contribution in [3.05, 3.63) is 23.7 Å². The molecule has 1 heterocycles. The number of nitrogens with two attached hydrogens (primary N) is 1. The van der Waals surface area contributed by atoms with Crippen LogP contribution in [0.15, 0.2) is 23.7 Å². The van der Waals surface area contributed by atoms with Crippen molar-refractivity contribution in [2.45, 2.75) is 0 Å². The highest BCUT2D eigenvalue weighted by Gasteiger charge is 2.05. The maximum atomic E-state index is 5.39. The van der Waals surface area contributed by atoms with Gasteiger partial charge in [-0.25, -0.2) is 0 Å². The molecule has 47 valence electrons. The largest absolute Gasteiger partial charge is 0.491 e. The fraction of sp³-hybridized carbons (Fsp3) is 0.167. The number of allylic oxidation sites excluding steroid dienone is 2. The Bertz CT molecular complexity index is 191. The van der Waals surface area contributed by atoms with Crippen LogP contribution in [0.25, 0.3) is 0 Å². The maximum Gasteiger partial charge on any atom is 0.283 e. The number of methoxy groups -OCH3 is 1. The highest BCUT2D eigenvalue weighted by molar-refractivity contribution is 5.77. The van der Waals surface area contributed by atoms with Crippen LogP contribution in [0, 0.1) is 0 Å². The molecule has 3 nitrogen and oxygen atoms in total.